The van der Waals surface area contributed by atoms with Gasteiger partial charge in [-0.1, -0.05) is 103 Å². The molecule has 16 aromatic rings. The smallest absolute Gasteiger partial charge is 0.149 e. The van der Waals surface area contributed by atoms with E-state index >= 15 is 0 Å². The average Bonchev–Trinajstić information content (AvgIpc) is 4.29. The third-order valence-electron chi connectivity index (χ3n) is 15.1. The number of pyridine rings is 4. The number of nitriles is 1. The summed E-state index contributed by atoms with van der Waals surface area (Å²) in [7, 11) is 0. The fourth-order valence-electron chi connectivity index (χ4n) is 12.2. The summed E-state index contributed by atoms with van der Waals surface area (Å²) in [6.07, 6.45) is 15.2. The van der Waals surface area contributed by atoms with E-state index in [1.165, 1.54) is 0 Å². The van der Waals surface area contributed by atoms with Crippen LogP contribution in [0.15, 0.2) is 225 Å². The van der Waals surface area contributed by atoms with Crippen LogP contribution in [0.25, 0.3) is 138 Å². The maximum absolute atomic E-state index is 12.8. The second-order valence-corrected chi connectivity index (χ2v) is 18.8. The molecule has 0 spiro atoms. The van der Waals surface area contributed by atoms with E-state index in [1.54, 1.807) is 0 Å². The number of imidazole rings is 1. The van der Waals surface area contributed by atoms with Crippen LogP contribution < -0.4 is 0 Å². The number of benzene rings is 7. The van der Waals surface area contributed by atoms with Crippen LogP contribution in [0, 0.1) is 11.3 Å². The maximum atomic E-state index is 12.8. The Kier molecular flexibility index (Phi) is 8.55. The normalized spacial score (nSPS) is 12.0. The molecule has 0 bridgehead atoms. The Bertz CT molecular complexity index is 4890. The van der Waals surface area contributed by atoms with Gasteiger partial charge in [0, 0.05) is 73.6 Å². The quantitative estimate of drug-likeness (QED) is 0.164. The first-order valence-electron chi connectivity index (χ1n) is 24.8. The molecule has 0 fully saturated rings. The van der Waals surface area contributed by atoms with Crippen molar-refractivity contribution in [1.29, 1.82) is 5.26 Å². The lowest BCUT2D eigenvalue weighted by atomic mass is 9.96. The number of hydrogen-bond acceptors (Lipinski definition) is 6. The van der Waals surface area contributed by atoms with Crippen LogP contribution in [0.5, 0.6) is 0 Å². The zero-order chi connectivity index (χ0) is 49.3. The number of hydrogen-bond donors (Lipinski definition) is 0. The van der Waals surface area contributed by atoms with Crippen molar-refractivity contribution in [2.24, 2.45) is 0 Å². The van der Waals surface area contributed by atoms with Crippen LogP contribution in [-0.4, -0.2) is 47.8 Å². The van der Waals surface area contributed by atoms with Crippen molar-refractivity contribution in [3.8, 4) is 45.9 Å². The summed E-state index contributed by atoms with van der Waals surface area (Å²) in [5.74, 6) is 0.583. The van der Waals surface area contributed by atoms with Gasteiger partial charge >= 0.3 is 0 Å². The third kappa shape index (κ3) is 5.59. The van der Waals surface area contributed by atoms with Gasteiger partial charge in [0.05, 0.1) is 114 Å². The van der Waals surface area contributed by atoms with E-state index in [2.05, 4.69) is 168 Å². The molecule has 0 saturated heterocycles. The first-order chi connectivity index (χ1) is 37.3. The molecular weight excluding hydrogens is 923 g/mol. The Hall–Kier alpha value is -10.7. The molecule has 9 aromatic heterocycles. The third-order valence-corrected chi connectivity index (χ3v) is 15.1. The highest BCUT2D eigenvalue weighted by atomic mass is 15.2. The van der Waals surface area contributed by atoms with Gasteiger partial charge in [-0.3, -0.25) is 24.5 Å². The summed E-state index contributed by atoms with van der Waals surface area (Å²) in [5, 5.41) is 21.0. The van der Waals surface area contributed by atoms with Crippen LogP contribution >= 0.6 is 0 Å². The summed E-state index contributed by atoms with van der Waals surface area (Å²) in [6, 6.07) is 63.8. The van der Waals surface area contributed by atoms with Crippen molar-refractivity contribution in [3.05, 3.63) is 231 Å². The van der Waals surface area contributed by atoms with Crippen molar-refractivity contribution < 1.29 is 0 Å². The minimum atomic E-state index is 0.395. The molecule has 348 valence electrons. The highest BCUT2D eigenvalue weighted by molar-refractivity contribution is 6.17. The molecule has 11 heteroatoms. The largest absolute Gasteiger partial charge is 0.305 e. The van der Waals surface area contributed by atoms with Gasteiger partial charge in [-0.15, -0.1) is 0 Å². The van der Waals surface area contributed by atoms with E-state index in [-0.39, 0.29) is 0 Å². The van der Waals surface area contributed by atoms with Gasteiger partial charge in [0.1, 0.15) is 11.9 Å². The molecule has 75 heavy (non-hydrogen) atoms. The fourth-order valence-corrected chi connectivity index (χ4v) is 12.2. The molecule has 0 N–H and O–H groups in total. The van der Waals surface area contributed by atoms with Gasteiger partial charge in [-0.05, 0) is 72.8 Å². The van der Waals surface area contributed by atoms with E-state index in [0.29, 0.717) is 22.6 Å². The second kappa shape index (κ2) is 15.6. The lowest BCUT2D eigenvalue weighted by Crippen LogP contribution is -2.17. The van der Waals surface area contributed by atoms with E-state index in [1.807, 2.05) is 86.0 Å². The summed E-state index contributed by atoms with van der Waals surface area (Å²) in [4.78, 5) is 25.2. The Balaban J connectivity index is 1.30. The molecule has 7 aromatic carbocycles. The Morgan fingerprint density at radius 1 is 0.307 bits per heavy atom. The molecule has 0 saturated carbocycles. The van der Waals surface area contributed by atoms with Gasteiger partial charge in [0.15, 0.2) is 0 Å². The standard InChI is InChI=1S/C64H37N11/c65-34-48-59(64-70-49-20-8-13-25-54(49)71(64)39-14-2-1-3-15-39)61(73-51-22-10-5-17-41(51)45-27-31-67-36-56(45)73)63(75-53-24-12-7-19-43(53)47-29-33-69-38-58(47)75)62(74-52-23-11-6-18-42(52)46-28-32-68-37-57(46)74)60(48)72-50-21-9-4-16-40(50)44-26-30-66-35-55(44)72/h1-33,35-38H. The molecule has 0 amide bonds. The van der Waals surface area contributed by atoms with Crippen molar-refractivity contribution in [1.82, 2.24) is 47.8 Å². The average molecular weight is 960 g/mol. The number of nitrogens with zero attached hydrogens (tertiary/aromatic N) is 11. The second-order valence-electron chi connectivity index (χ2n) is 18.8. The summed E-state index contributed by atoms with van der Waals surface area (Å²) < 4.78 is 11.5. The summed E-state index contributed by atoms with van der Waals surface area (Å²) in [5.41, 5.74) is 13.6. The minimum absolute atomic E-state index is 0.395. The molecule has 0 aliphatic rings. The van der Waals surface area contributed by atoms with Crippen LogP contribution in [-0.2, 0) is 0 Å². The van der Waals surface area contributed by atoms with Crippen LogP contribution in [0.3, 0.4) is 0 Å². The first-order valence-corrected chi connectivity index (χ1v) is 24.8. The Morgan fingerprint density at radius 3 is 1.09 bits per heavy atom. The predicted octanol–water partition coefficient (Wildman–Crippen LogP) is 14.5. The van der Waals surface area contributed by atoms with Gasteiger partial charge in [-0.25, -0.2) is 4.98 Å². The minimum Gasteiger partial charge on any atom is -0.305 e. The zero-order valence-corrected chi connectivity index (χ0v) is 39.8. The van der Waals surface area contributed by atoms with Crippen LogP contribution in [0.4, 0.5) is 0 Å². The highest BCUT2D eigenvalue weighted by Crippen LogP contribution is 2.52. The van der Waals surface area contributed by atoms with Gasteiger partial charge in [0.25, 0.3) is 0 Å². The Morgan fingerprint density at radius 2 is 0.653 bits per heavy atom. The lowest BCUT2D eigenvalue weighted by Gasteiger charge is -2.29. The monoisotopic (exact) mass is 959 g/mol. The molecule has 16 rings (SSSR count). The van der Waals surface area contributed by atoms with Crippen LogP contribution in [0.1, 0.15) is 5.56 Å². The van der Waals surface area contributed by atoms with Crippen molar-refractivity contribution in [2.75, 3.05) is 0 Å². The molecule has 11 nitrogen and oxygen atoms in total. The molecule has 0 radical (unpaired) electrons. The number of fused-ring (bicyclic) bond motifs is 13. The fraction of sp³-hybridized carbons (Fsp3) is 0. The molecular formula is C64H37N11. The predicted molar refractivity (Wildman–Crippen MR) is 300 cm³/mol. The van der Waals surface area contributed by atoms with E-state index < -0.39 is 0 Å². The zero-order valence-electron chi connectivity index (χ0n) is 39.8. The molecule has 0 aliphatic heterocycles. The van der Waals surface area contributed by atoms with Gasteiger partial charge in [0.2, 0.25) is 0 Å². The molecule has 0 atom stereocenters. The number of rotatable bonds is 6. The van der Waals surface area contributed by atoms with Gasteiger partial charge < -0.3 is 18.3 Å². The Labute approximate surface area is 426 Å². The number of aromatic nitrogens is 10. The maximum Gasteiger partial charge on any atom is 0.149 e. The lowest BCUT2D eigenvalue weighted by molar-refractivity contribution is 1.00. The van der Waals surface area contributed by atoms with E-state index in [4.69, 9.17) is 24.9 Å². The van der Waals surface area contributed by atoms with Crippen LogP contribution in [0.2, 0.25) is 0 Å². The summed E-state index contributed by atoms with van der Waals surface area (Å²) >= 11 is 0. The molecule has 9 heterocycles. The molecule has 0 aliphatic carbocycles. The SMILES string of the molecule is N#Cc1c(-c2nc3ccccc3n2-c2ccccc2)c(-n2c3ccccc3c3ccncc32)c(-n2c3ccccc3c3ccncc32)c(-n2c3ccccc3c3ccncc32)c1-n1c2ccccc2c2ccncc21. The topological polar surface area (TPSA) is 113 Å². The van der Waals surface area contributed by atoms with E-state index in [9.17, 15) is 5.26 Å². The van der Waals surface area contributed by atoms with Gasteiger partial charge in [-0.2, -0.15) is 5.26 Å². The van der Waals surface area contributed by atoms with Crippen molar-refractivity contribution in [2.45, 2.75) is 0 Å². The first kappa shape index (κ1) is 41.0. The number of para-hydroxylation sites is 7. The van der Waals surface area contributed by atoms with Crippen molar-refractivity contribution >= 4 is 98.3 Å². The molecule has 0 unspecified atom stereocenters. The highest BCUT2D eigenvalue weighted by Gasteiger charge is 2.37. The van der Waals surface area contributed by atoms with E-state index in [0.717, 1.165) is 121 Å². The van der Waals surface area contributed by atoms with Crippen molar-refractivity contribution in [3.63, 3.8) is 0 Å². The summed E-state index contributed by atoms with van der Waals surface area (Å²) in [6.45, 7) is 0.